The summed E-state index contributed by atoms with van der Waals surface area (Å²) in [6, 6.07) is 9.63. The minimum absolute atomic E-state index is 0.128. The van der Waals surface area contributed by atoms with E-state index < -0.39 is 23.6 Å². The van der Waals surface area contributed by atoms with Gasteiger partial charge in [0.15, 0.2) is 5.78 Å². The number of ether oxygens (including phenoxy) is 1. The Morgan fingerprint density at radius 3 is 2.04 bits per heavy atom. The van der Waals surface area contributed by atoms with Gasteiger partial charge in [-0.2, -0.15) is 0 Å². The second kappa shape index (κ2) is 6.12. The molecule has 2 rings (SSSR count). The van der Waals surface area contributed by atoms with Crippen LogP contribution in [-0.4, -0.2) is 23.2 Å². The van der Waals surface area contributed by atoms with Crippen LogP contribution < -0.4 is 4.74 Å². The van der Waals surface area contributed by atoms with E-state index in [-0.39, 0.29) is 5.78 Å². The van der Waals surface area contributed by atoms with Gasteiger partial charge in [-0.15, -0.1) is 13.2 Å². The minimum Gasteiger partial charge on any atom is -0.478 e. The summed E-state index contributed by atoms with van der Waals surface area (Å²) in [6.45, 7) is 1.40. The Labute approximate surface area is 129 Å². The number of halogens is 3. The highest BCUT2D eigenvalue weighted by Gasteiger charge is 2.33. The highest BCUT2D eigenvalue weighted by Crippen LogP contribution is 2.30. The van der Waals surface area contributed by atoms with Gasteiger partial charge in [-0.25, -0.2) is 4.79 Å². The van der Waals surface area contributed by atoms with Crippen LogP contribution in [0.4, 0.5) is 13.2 Å². The van der Waals surface area contributed by atoms with Gasteiger partial charge < -0.3 is 9.84 Å². The highest BCUT2D eigenvalue weighted by molar-refractivity contribution is 5.95. The molecule has 0 spiro atoms. The molecule has 0 aliphatic carbocycles. The fourth-order valence-electron chi connectivity index (χ4n) is 1.99. The maximum absolute atomic E-state index is 12.3. The van der Waals surface area contributed by atoms with Crippen LogP contribution in [0.5, 0.6) is 5.75 Å². The van der Waals surface area contributed by atoms with Crippen molar-refractivity contribution in [3.05, 3.63) is 53.6 Å². The van der Waals surface area contributed by atoms with E-state index in [1.807, 2.05) is 0 Å². The summed E-state index contributed by atoms with van der Waals surface area (Å²) >= 11 is 0. The molecular formula is C16H11F3O4. The van der Waals surface area contributed by atoms with E-state index in [1.54, 1.807) is 24.3 Å². The summed E-state index contributed by atoms with van der Waals surface area (Å²) < 4.78 is 40.6. The number of alkyl halides is 3. The second-order valence-electron chi connectivity index (χ2n) is 4.70. The predicted octanol–water partition coefficient (Wildman–Crippen LogP) is 4.15. The predicted molar refractivity (Wildman–Crippen MR) is 75.5 cm³/mol. The lowest BCUT2D eigenvalue weighted by Gasteiger charge is -2.12. The molecule has 4 nitrogen and oxygen atoms in total. The minimum atomic E-state index is -4.98. The van der Waals surface area contributed by atoms with Crippen molar-refractivity contribution in [1.29, 1.82) is 0 Å². The van der Waals surface area contributed by atoms with Gasteiger partial charge in [0.2, 0.25) is 0 Å². The summed E-state index contributed by atoms with van der Waals surface area (Å²) in [6.07, 6.45) is -4.98. The number of hydrogen-bond acceptors (Lipinski definition) is 3. The molecule has 0 aliphatic rings. The monoisotopic (exact) mass is 324 g/mol. The Kier molecular flexibility index (Phi) is 4.40. The average molecular weight is 324 g/mol. The first kappa shape index (κ1) is 16.5. The second-order valence-corrected chi connectivity index (χ2v) is 4.70. The van der Waals surface area contributed by atoms with Crippen molar-refractivity contribution in [2.75, 3.05) is 0 Å². The van der Waals surface area contributed by atoms with Gasteiger partial charge in [-0.1, -0.05) is 30.3 Å². The molecule has 0 aromatic heterocycles. The number of aromatic carboxylic acids is 1. The Bertz CT molecular complexity index is 749. The van der Waals surface area contributed by atoms with Crippen molar-refractivity contribution >= 4 is 11.8 Å². The number of Topliss-reactive ketones (excluding diaryl/α,β-unsaturated/α-hetero) is 1. The zero-order valence-electron chi connectivity index (χ0n) is 11.8. The molecule has 0 saturated heterocycles. The first-order chi connectivity index (χ1) is 10.7. The molecule has 23 heavy (non-hydrogen) atoms. The van der Waals surface area contributed by atoms with Crippen LogP contribution in [-0.2, 0) is 0 Å². The number of hydrogen-bond donors (Lipinski definition) is 1. The van der Waals surface area contributed by atoms with Crippen LogP contribution >= 0.6 is 0 Å². The Balaban J connectivity index is 2.43. The standard InChI is InChI=1S/C16H11F3O4/c1-9(20)10-2-4-11(5-3-10)12-6-7-14(23-16(17,18)19)13(8-12)15(21)22/h2-8H,1H3,(H,21,22). The third-order valence-electron chi connectivity index (χ3n) is 3.06. The third-order valence-corrected chi connectivity index (χ3v) is 3.06. The van der Waals surface area contributed by atoms with Crippen molar-refractivity contribution in [3.63, 3.8) is 0 Å². The van der Waals surface area contributed by atoms with Crippen LogP contribution in [0.1, 0.15) is 27.6 Å². The molecule has 0 unspecified atom stereocenters. The Morgan fingerprint density at radius 2 is 1.57 bits per heavy atom. The van der Waals surface area contributed by atoms with Crippen LogP contribution in [0, 0.1) is 0 Å². The topological polar surface area (TPSA) is 63.6 Å². The first-order valence-corrected chi connectivity index (χ1v) is 6.42. The maximum atomic E-state index is 12.3. The first-order valence-electron chi connectivity index (χ1n) is 6.42. The largest absolute Gasteiger partial charge is 0.573 e. The number of carbonyl (C=O) groups excluding carboxylic acids is 1. The number of carboxylic acid groups (broad SMARTS) is 1. The molecule has 0 aliphatic heterocycles. The molecule has 120 valence electrons. The van der Waals surface area contributed by atoms with E-state index >= 15 is 0 Å². The van der Waals surface area contributed by atoms with E-state index in [0.717, 1.165) is 12.1 Å². The van der Waals surface area contributed by atoms with Gasteiger partial charge in [-0.05, 0) is 30.2 Å². The van der Waals surface area contributed by atoms with Gasteiger partial charge >= 0.3 is 12.3 Å². The van der Waals surface area contributed by atoms with Gasteiger partial charge in [0.25, 0.3) is 0 Å². The van der Waals surface area contributed by atoms with Crippen LogP contribution in [0.25, 0.3) is 11.1 Å². The lowest BCUT2D eigenvalue weighted by molar-refractivity contribution is -0.274. The number of carboxylic acids is 1. The van der Waals surface area contributed by atoms with Crippen LogP contribution in [0.2, 0.25) is 0 Å². The molecule has 0 radical (unpaired) electrons. The third kappa shape index (κ3) is 4.09. The number of rotatable bonds is 4. The van der Waals surface area contributed by atoms with Gasteiger partial charge in [0.05, 0.1) is 0 Å². The van der Waals surface area contributed by atoms with Crippen molar-refractivity contribution in [1.82, 2.24) is 0 Å². The maximum Gasteiger partial charge on any atom is 0.573 e. The SMILES string of the molecule is CC(=O)c1ccc(-c2ccc(OC(F)(F)F)c(C(=O)O)c2)cc1. The number of carbonyl (C=O) groups is 2. The van der Waals surface area contributed by atoms with E-state index in [2.05, 4.69) is 4.74 Å². The quantitative estimate of drug-likeness (QED) is 0.858. The molecule has 0 heterocycles. The van der Waals surface area contributed by atoms with Crippen LogP contribution in [0.3, 0.4) is 0 Å². The fourth-order valence-corrected chi connectivity index (χ4v) is 1.99. The van der Waals surface area contributed by atoms with Gasteiger partial charge in [0, 0.05) is 5.56 Å². The van der Waals surface area contributed by atoms with E-state index in [1.165, 1.54) is 13.0 Å². The lowest BCUT2D eigenvalue weighted by atomic mass is 10.0. The van der Waals surface area contributed by atoms with Crippen LogP contribution in [0.15, 0.2) is 42.5 Å². The molecule has 1 N–H and O–H groups in total. The molecule has 2 aromatic rings. The molecule has 7 heteroatoms. The smallest absolute Gasteiger partial charge is 0.478 e. The summed E-state index contributed by atoms with van der Waals surface area (Å²) in [5.74, 6) is -2.45. The van der Waals surface area contributed by atoms with E-state index in [9.17, 15) is 22.8 Å². The molecule has 0 amide bonds. The van der Waals surface area contributed by atoms with Crippen molar-refractivity contribution < 1.29 is 32.6 Å². The molecule has 0 bridgehead atoms. The number of benzene rings is 2. The van der Waals surface area contributed by atoms with Crippen molar-refractivity contribution in [2.45, 2.75) is 13.3 Å². The molecule has 0 atom stereocenters. The van der Waals surface area contributed by atoms with Crippen molar-refractivity contribution in [3.8, 4) is 16.9 Å². The molecular weight excluding hydrogens is 313 g/mol. The normalized spacial score (nSPS) is 11.1. The van der Waals surface area contributed by atoms with E-state index in [0.29, 0.717) is 16.7 Å². The zero-order chi connectivity index (χ0) is 17.2. The Morgan fingerprint density at radius 1 is 1.00 bits per heavy atom. The highest BCUT2D eigenvalue weighted by atomic mass is 19.4. The number of ketones is 1. The summed E-state index contributed by atoms with van der Waals surface area (Å²) in [5.41, 5.74) is 0.836. The summed E-state index contributed by atoms with van der Waals surface area (Å²) in [5, 5.41) is 9.06. The average Bonchev–Trinajstić information content (AvgIpc) is 2.46. The fraction of sp³-hybridized carbons (Fsp3) is 0.125. The van der Waals surface area contributed by atoms with Crippen molar-refractivity contribution in [2.24, 2.45) is 0 Å². The summed E-state index contributed by atoms with van der Waals surface area (Å²) in [7, 11) is 0. The van der Waals surface area contributed by atoms with E-state index in [4.69, 9.17) is 5.11 Å². The zero-order valence-corrected chi connectivity index (χ0v) is 11.8. The van der Waals surface area contributed by atoms with Gasteiger partial charge in [0.1, 0.15) is 11.3 Å². The molecule has 0 fully saturated rings. The molecule has 2 aromatic carbocycles. The summed E-state index contributed by atoms with van der Waals surface area (Å²) in [4.78, 5) is 22.4. The molecule has 0 saturated carbocycles. The lowest BCUT2D eigenvalue weighted by Crippen LogP contribution is -2.19. The van der Waals surface area contributed by atoms with Gasteiger partial charge in [-0.3, -0.25) is 4.79 Å². The Hall–Kier alpha value is -2.83.